The third-order valence-corrected chi connectivity index (χ3v) is 5.88. The van der Waals surface area contributed by atoms with Crippen molar-refractivity contribution in [3.05, 3.63) is 53.6 Å². The van der Waals surface area contributed by atoms with E-state index in [4.69, 9.17) is 9.72 Å². The van der Waals surface area contributed by atoms with Crippen LogP contribution in [-0.4, -0.2) is 49.1 Å². The van der Waals surface area contributed by atoms with E-state index < -0.39 is 0 Å². The molecule has 0 unspecified atom stereocenters. The van der Waals surface area contributed by atoms with Crippen LogP contribution >= 0.6 is 11.3 Å². The number of hydrogen-bond donors (Lipinski definition) is 0. The predicted molar refractivity (Wildman–Crippen MR) is 105 cm³/mol. The maximum absolute atomic E-state index is 12.8. The minimum atomic E-state index is 0.122. The minimum absolute atomic E-state index is 0.122. The predicted octanol–water partition coefficient (Wildman–Crippen LogP) is 3.58. The van der Waals surface area contributed by atoms with Crippen LogP contribution in [0, 0.1) is 6.92 Å². The zero-order valence-corrected chi connectivity index (χ0v) is 15.8. The van der Waals surface area contributed by atoms with Gasteiger partial charge in [0.05, 0.1) is 17.3 Å². The van der Waals surface area contributed by atoms with Crippen LogP contribution in [0.4, 0.5) is 5.13 Å². The summed E-state index contributed by atoms with van der Waals surface area (Å²) in [6.45, 7) is 5.01. The molecule has 4 rings (SSSR count). The molecule has 26 heavy (non-hydrogen) atoms. The van der Waals surface area contributed by atoms with E-state index in [1.807, 2.05) is 54.3 Å². The van der Waals surface area contributed by atoms with Gasteiger partial charge in [-0.2, -0.15) is 0 Å². The van der Waals surface area contributed by atoms with Crippen molar-refractivity contribution >= 4 is 32.6 Å². The van der Waals surface area contributed by atoms with Crippen LogP contribution in [0.3, 0.4) is 0 Å². The van der Waals surface area contributed by atoms with Crippen molar-refractivity contribution in [3.8, 4) is 5.75 Å². The SMILES string of the molecule is COc1ccc2nc(N3CCN(C(=O)c4ccccc4C)CC3)sc2c1. The number of carbonyl (C=O) groups is 1. The van der Waals surface area contributed by atoms with Crippen LogP contribution < -0.4 is 9.64 Å². The molecule has 2 aromatic carbocycles. The van der Waals surface area contributed by atoms with Gasteiger partial charge in [-0.3, -0.25) is 4.79 Å². The first-order valence-electron chi connectivity index (χ1n) is 8.70. The third-order valence-electron chi connectivity index (χ3n) is 4.80. The average Bonchev–Trinajstić information content (AvgIpc) is 3.11. The van der Waals surface area contributed by atoms with E-state index in [-0.39, 0.29) is 5.91 Å². The Balaban J connectivity index is 1.46. The Hall–Kier alpha value is -2.60. The number of thiazole rings is 1. The van der Waals surface area contributed by atoms with Crippen LogP contribution in [0.25, 0.3) is 10.2 Å². The molecule has 1 aromatic heterocycles. The second-order valence-electron chi connectivity index (χ2n) is 6.42. The average molecular weight is 367 g/mol. The number of nitrogens with zero attached hydrogens (tertiary/aromatic N) is 3. The number of carbonyl (C=O) groups excluding carboxylic acids is 1. The molecule has 1 saturated heterocycles. The number of aromatic nitrogens is 1. The van der Waals surface area contributed by atoms with Crippen molar-refractivity contribution in [2.75, 3.05) is 38.2 Å². The molecule has 0 N–H and O–H groups in total. The Labute approximate surface area is 156 Å². The molecule has 1 aliphatic rings. The number of anilines is 1. The number of amides is 1. The van der Waals surface area contributed by atoms with Crippen LogP contribution in [-0.2, 0) is 0 Å². The lowest BCUT2D eigenvalue weighted by atomic mass is 10.1. The van der Waals surface area contributed by atoms with Gasteiger partial charge in [0.2, 0.25) is 0 Å². The summed E-state index contributed by atoms with van der Waals surface area (Å²) in [6.07, 6.45) is 0. The number of ether oxygens (including phenoxy) is 1. The lowest BCUT2D eigenvalue weighted by Gasteiger charge is -2.34. The summed E-state index contributed by atoms with van der Waals surface area (Å²) in [5.74, 6) is 0.970. The number of aryl methyl sites for hydroxylation is 1. The Morgan fingerprint density at radius 2 is 1.88 bits per heavy atom. The fourth-order valence-electron chi connectivity index (χ4n) is 3.24. The second kappa shape index (κ2) is 6.96. The van der Waals surface area contributed by atoms with Crippen molar-refractivity contribution in [1.82, 2.24) is 9.88 Å². The summed E-state index contributed by atoms with van der Waals surface area (Å²) in [4.78, 5) is 21.7. The number of methoxy groups -OCH3 is 1. The Morgan fingerprint density at radius 1 is 1.12 bits per heavy atom. The second-order valence-corrected chi connectivity index (χ2v) is 7.43. The highest BCUT2D eigenvalue weighted by Crippen LogP contribution is 2.32. The van der Waals surface area contributed by atoms with Gasteiger partial charge in [0.15, 0.2) is 5.13 Å². The fourth-order valence-corrected chi connectivity index (χ4v) is 4.28. The number of fused-ring (bicyclic) bond motifs is 1. The van der Waals surface area contributed by atoms with E-state index in [1.54, 1.807) is 18.4 Å². The quantitative estimate of drug-likeness (QED) is 0.710. The Kier molecular flexibility index (Phi) is 4.51. The smallest absolute Gasteiger partial charge is 0.254 e. The van der Waals surface area contributed by atoms with Gasteiger partial charge in [0.25, 0.3) is 5.91 Å². The van der Waals surface area contributed by atoms with Crippen molar-refractivity contribution in [3.63, 3.8) is 0 Å². The van der Waals surface area contributed by atoms with Gasteiger partial charge in [-0.25, -0.2) is 4.98 Å². The first kappa shape index (κ1) is 16.8. The summed E-state index contributed by atoms with van der Waals surface area (Å²) in [5.41, 5.74) is 2.82. The van der Waals surface area contributed by atoms with E-state index in [9.17, 15) is 4.79 Å². The highest BCUT2D eigenvalue weighted by Gasteiger charge is 2.24. The fraction of sp³-hybridized carbons (Fsp3) is 0.300. The first-order valence-corrected chi connectivity index (χ1v) is 9.52. The molecule has 5 nitrogen and oxygen atoms in total. The third kappa shape index (κ3) is 3.12. The van der Waals surface area contributed by atoms with Gasteiger partial charge < -0.3 is 14.5 Å². The summed E-state index contributed by atoms with van der Waals surface area (Å²) >= 11 is 1.67. The highest BCUT2D eigenvalue weighted by atomic mass is 32.1. The van der Waals surface area contributed by atoms with E-state index in [1.165, 1.54) is 0 Å². The molecule has 134 valence electrons. The molecule has 1 amide bonds. The summed E-state index contributed by atoms with van der Waals surface area (Å²) in [6, 6.07) is 13.7. The van der Waals surface area contributed by atoms with Gasteiger partial charge >= 0.3 is 0 Å². The molecule has 1 aliphatic heterocycles. The molecule has 0 atom stereocenters. The van der Waals surface area contributed by atoms with E-state index in [0.717, 1.165) is 45.3 Å². The molecule has 0 bridgehead atoms. The zero-order chi connectivity index (χ0) is 18.1. The lowest BCUT2D eigenvalue weighted by molar-refractivity contribution is 0.0746. The molecule has 0 saturated carbocycles. The zero-order valence-electron chi connectivity index (χ0n) is 14.9. The van der Waals surface area contributed by atoms with Crippen LogP contribution in [0.5, 0.6) is 5.75 Å². The van der Waals surface area contributed by atoms with Crippen molar-refractivity contribution in [1.29, 1.82) is 0 Å². The minimum Gasteiger partial charge on any atom is -0.497 e. The summed E-state index contributed by atoms with van der Waals surface area (Å²) in [7, 11) is 1.67. The number of piperazine rings is 1. The monoisotopic (exact) mass is 367 g/mol. The molecule has 2 heterocycles. The largest absolute Gasteiger partial charge is 0.497 e. The van der Waals surface area contributed by atoms with E-state index in [0.29, 0.717) is 13.1 Å². The van der Waals surface area contributed by atoms with Gasteiger partial charge in [-0.15, -0.1) is 0 Å². The molecule has 0 spiro atoms. The van der Waals surface area contributed by atoms with Crippen LogP contribution in [0.1, 0.15) is 15.9 Å². The molecule has 6 heteroatoms. The maximum Gasteiger partial charge on any atom is 0.254 e. The van der Waals surface area contributed by atoms with Crippen LogP contribution in [0.2, 0.25) is 0 Å². The van der Waals surface area contributed by atoms with Gasteiger partial charge in [0.1, 0.15) is 5.75 Å². The number of rotatable bonds is 3. The number of hydrogen-bond acceptors (Lipinski definition) is 5. The van der Waals surface area contributed by atoms with Crippen LogP contribution in [0.15, 0.2) is 42.5 Å². The highest BCUT2D eigenvalue weighted by molar-refractivity contribution is 7.22. The molecule has 0 aliphatic carbocycles. The molecule has 0 radical (unpaired) electrons. The standard InChI is InChI=1S/C20H21N3O2S/c1-14-5-3-4-6-16(14)19(24)22-9-11-23(12-10-22)20-21-17-8-7-15(25-2)13-18(17)26-20/h3-8,13H,9-12H2,1-2H3. The molecule has 3 aromatic rings. The molecular formula is C20H21N3O2S. The topological polar surface area (TPSA) is 45.7 Å². The van der Waals surface area contributed by atoms with Gasteiger partial charge in [0, 0.05) is 31.7 Å². The Bertz CT molecular complexity index is 945. The molecular weight excluding hydrogens is 346 g/mol. The van der Waals surface area contributed by atoms with Crippen molar-refractivity contribution in [2.24, 2.45) is 0 Å². The summed E-state index contributed by atoms with van der Waals surface area (Å²) < 4.78 is 6.41. The van der Waals surface area contributed by atoms with E-state index >= 15 is 0 Å². The van der Waals surface area contributed by atoms with Gasteiger partial charge in [-0.1, -0.05) is 29.5 Å². The van der Waals surface area contributed by atoms with Gasteiger partial charge in [-0.05, 0) is 36.8 Å². The molecule has 1 fully saturated rings. The first-order chi connectivity index (χ1) is 12.7. The van der Waals surface area contributed by atoms with E-state index in [2.05, 4.69) is 4.90 Å². The maximum atomic E-state index is 12.8. The van der Waals surface area contributed by atoms with Crippen molar-refractivity contribution in [2.45, 2.75) is 6.92 Å². The number of benzene rings is 2. The summed E-state index contributed by atoms with van der Waals surface area (Å²) in [5, 5.41) is 1.01. The normalized spacial score (nSPS) is 14.7. The Morgan fingerprint density at radius 3 is 2.62 bits per heavy atom. The lowest BCUT2D eigenvalue weighted by Crippen LogP contribution is -2.48. The van der Waals surface area contributed by atoms with Crippen molar-refractivity contribution < 1.29 is 9.53 Å².